The first-order valence-electron chi connectivity index (χ1n) is 4.68. The van der Waals surface area contributed by atoms with Crippen LogP contribution in [0.3, 0.4) is 0 Å². The fourth-order valence-corrected chi connectivity index (χ4v) is 1.42. The van der Waals surface area contributed by atoms with E-state index in [0.717, 1.165) is 6.07 Å². The van der Waals surface area contributed by atoms with Gasteiger partial charge in [0.1, 0.15) is 5.57 Å². The van der Waals surface area contributed by atoms with E-state index >= 15 is 0 Å². The van der Waals surface area contributed by atoms with Crippen molar-refractivity contribution in [3.63, 3.8) is 0 Å². The summed E-state index contributed by atoms with van der Waals surface area (Å²) in [7, 11) is 0. The zero-order valence-electron chi connectivity index (χ0n) is 8.94. The van der Waals surface area contributed by atoms with E-state index in [9.17, 15) is 31.1 Å². The van der Waals surface area contributed by atoms with Crippen LogP contribution < -0.4 is 0 Å². The normalized spacial score (nSPS) is 12.2. The Labute approximate surface area is 108 Å². The van der Waals surface area contributed by atoms with Crippen LogP contribution in [-0.4, -0.2) is 18.1 Å². The van der Waals surface area contributed by atoms with Crippen LogP contribution in [0, 0.1) is 0 Å². The molecule has 8 heteroatoms. The second-order valence-corrected chi connectivity index (χ2v) is 3.80. The number of ketones is 1. The van der Waals surface area contributed by atoms with Crippen LogP contribution in [0.25, 0.3) is 0 Å². The van der Waals surface area contributed by atoms with E-state index in [4.69, 9.17) is 11.6 Å². The quantitative estimate of drug-likeness (QED) is 0.444. The molecule has 1 aromatic rings. The Morgan fingerprint density at radius 1 is 1.00 bits per heavy atom. The van der Waals surface area contributed by atoms with Gasteiger partial charge in [-0.25, -0.2) is 0 Å². The molecule has 0 atom stereocenters. The fourth-order valence-electron chi connectivity index (χ4n) is 1.19. The van der Waals surface area contributed by atoms with Crippen molar-refractivity contribution in [1.29, 1.82) is 0 Å². The van der Waals surface area contributed by atoms with E-state index in [2.05, 4.69) is 0 Å². The lowest BCUT2D eigenvalue weighted by molar-refractivity contribution is -0.171. The van der Waals surface area contributed by atoms with Crippen LogP contribution in [0.5, 0.6) is 0 Å². The average Bonchev–Trinajstić information content (AvgIpc) is 2.23. The van der Waals surface area contributed by atoms with E-state index in [1.807, 2.05) is 0 Å². The monoisotopic (exact) mass is 302 g/mol. The summed E-state index contributed by atoms with van der Waals surface area (Å²) in [6.45, 7) is 0. The van der Waals surface area contributed by atoms with E-state index in [-0.39, 0.29) is 5.02 Å². The van der Waals surface area contributed by atoms with Crippen molar-refractivity contribution in [3.8, 4) is 0 Å². The Hall–Kier alpha value is -1.50. The number of hydrogen-bond acceptors (Lipinski definition) is 1. The Bertz CT molecular complexity index is 499. The zero-order valence-corrected chi connectivity index (χ0v) is 9.70. The highest BCUT2D eigenvalue weighted by Crippen LogP contribution is 2.38. The first kappa shape index (κ1) is 15.6. The van der Waals surface area contributed by atoms with E-state index < -0.39 is 35.3 Å². The minimum absolute atomic E-state index is 0.229. The van der Waals surface area contributed by atoms with Gasteiger partial charge in [0.15, 0.2) is 5.78 Å². The van der Waals surface area contributed by atoms with Gasteiger partial charge in [-0.1, -0.05) is 23.7 Å². The molecular formula is C11H5ClF6O. The molecule has 0 aliphatic heterocycles. The molecule has 0 unspecified atom stereocenters. The van der Waals surface area contributed by atoms with Gasteiger partial charge in [0, 0.05) is 11.6 Å². The molecule has 19 heavy (non-hydrogen) atoms. The molecule has 0 bridgehead atoms. The van der Waals surface area contributed by atoms with Crippen molar-refractivity contribution >= 4 is 17.4 Å². The molecule has 0 N–H and O–H groups in total. The van der Waals surface area contributed by atoms with Crippen LogP contribution in [-0.2, 0) is 0 Å². The SMILES string of the molecule is O=C(C=C(C(F)(F)F)C(F)(F)F)c1ccccc1Cl. The molecule has 0 spiro atoms. The van der Waals surface area contributed by atoms with Crippen molar-refractivity contribution in [3.05, 3.63) is 46.5 Å². The average molecular weight is 303 g/mol. The predicted molar refractivity (Wildman–Crippen MR) is 56.0 cm³/mol. The van der Waals surface area contributed by atoms with Gasteiger partial charge in [0.05, 0.1) is 5.02 Å². The predicted octanol–water partition coefficient (Wildman–Crippen LogP) is 4.57. The molecular weight excluding hydrogens is 298 g/mol. The molecule has 104 valence electrons. The number of halogens is 7. The lowest BCUT2D eigenvalue weighted by Gasteiger charge is -2.14. The summed E-state index contributed by atoms with van der Waals surface area (Å²) in [6.07, 6.45) is -11.8. The lowest BCUT2D eigenvalue weighted by Crippen LogP contribution is -2.27. The van der Waals surface area contributed by atoms with Crippen LogP contribution in [0.1, 0.15) is 10.4 Å². The van der Waals surface area contributed by atoms with E-state index in [1.165, 1.54) is 18.2 Å². The van der Waals surface area contributed by atoms with Gasteiger partial charge >= 0.3 is 12.4 Å². The Morgan fingerprint density at radius 3 is 1.89 bits per heavy atom. The number of alkyl halides is 6. The van der Waals surface area contributed by atoms with Crippen LogP contribution in [0.2, 0.25) is 5.02 Å². The topological polar surface area (TPSA) is 17.1 Å². The number of hydrogen-bond donors (Lipinski definition) is 0. The first-order valence-corrected chi connectivity index (χ1v) is 5.06. The minimum Gasteiger partial charge on any atom is -0.289 e. The third-order valence-corrected chi connectivity index (χ3v) is 2.36. The maximum atomic E-state index is 12.2. The molecule has 0 aliphatic carbocycles. The molecule has 0 fully saturated rings. The van der Waals surface area contributed by atoms with Gasteiger partial charge in [0.2, 0.25) is 0 Å². The summed E-state index contributed by atoms with van der Waals surface area (Å²) in [5, 5.41) is -0.229. The molecule has 0 aliphatic rings. The van der Waals surface area contributed by atoms with Crippen LogP contribution in [0.4, 0.5) is 26.3 Å². The first-order chi connectivity index (χ1) is 8.53. The summed E-state index contributed by atoms with van der Waals surface area (Å²) in [5.41, 5.74) is -3.31. The van der Waals surface area contributed by atoms with Crippen molar-refractivity contribution in [2.24, 2.45) is 0 Å². The lowest BCUT2D eigenvalue weighted by atomic mass is 10.1. The third-order valence-electron chi connectivity index (χ3n) is 2.03. The summed E-state index contributed by atoms with van der Waals surface area (Å²) >= 11 is 5.52. The zero-order chi connectivity index (χ0) is 14.8. The minimum atomic E-state index is -5.67. The second-order valence-electron chi connectivity index (χ2n) is 3.40. The van der Waals surface area contributed by atoms with Crippen molar-refractivity contribution in [2.45, 2.75) is 12.4 Å². The molecule has 0 heterocycles. The van der Waals surface area contributed by atoms with Gasteiger partial charge in [-0.05, 0) is 12.1 Å². The number of carbonyl (C=O) groups excluding carboxylic acids is 1. The van der Waals surface area contributed by atoms with Crippen LogP contribution in [0.15, 0.2) is 35.9 Å². The molecule has 0 amide bonds. The van der Waals surface area contributed by atoms with Crippen LogP contribution >= 0.6 is 11.6 Å². The van der Waals surface area contributed by atoms with Gasteiger partial charge in [-0.3, -0.25) is 4.79 Å². The van der Waals surface area contributed by atoms with E-state index in [0.29, 0.717) is 0 Å². The standard InChI is InChI=1S/C11H5ClF6O/c12-7-4-2-1-3-6(7)8(19)5-9(10(13,14)15)11(16,17)18/h1-5H. The maximum Gasteiger partial charge on any atom is 0.421 e. The van der Waals surface area contributed by atoms with Crippen molar-refractivity contribution in [1.82, 2.24) is 0 Å². The largest absolute Gasteiger partial charge is 0.421 e. The Kier molecular flexibility index (Phi) is 4.29. The summed E-state index contributed by atoms with van der Waals surface area (Å²) in [6, 6.07) is 4.88. The Balaban J connectivity index is 3.25. The second kappa shape index (κ2) is 5.24. The van der Waals surface area contributed by atoms with Gasteiger partial charge in [0.25, 0.3) is 0 Å². The summed E-state index contributed by atoms with van der Waals surface area (Å²) < 4.78 is 73.3. The maximum absolute atomic E-state index is 12.2. The molecule has 1 rings (SSSR count). The molecule has 0 radical (unpaired) electrons. The number of rotatable bonds is 2. The molecule has 0 saturated carbocycles. The van der Waals surface area contributed by atoms with E-state index in [1.54, 1.807) is 0 Å². The molecule has 0 saturated heterocycles. The smallest absolute Gasteiger partial charge is 0.289 e. The highest BCUT2D eigenvalue weighted by Gasteiger charge is 2.51. The Morgan fingerprint density at radius 2 is 1.47 bits per heavy atom. The number of carbonyl (C=O) groups is 1. The fraction of sp³-hybridized carbons (Fsp3) is 0.182. The van der Waals surface area contributed by atoms with Gasteiger partial charge < -0.3 is 0 Å². The molecule has 0 aromatic heterocycles. The van der Waals surface area contributed by atoms with Crippen molar-refractivity contribution in [2.75, 3.05) is 0 Å². The third kappa shape index (κ3) is 3.99. The van der Waals surface area contributed by atoms with Gasteiger partial charge in [-0.2, -0.15) is 26.3 Å². The summed E-state index contributed by atoms with van der Waals surface area (Å²) in [5.74, 6) is -1.46. The number of benzene rings is 1. The molecule has 1 aromatic carbocycles. The number of allylic oxidation sites excluding steroid dienone is 2. The highest BCUT2D eigenvalue weighted by molar-refractivity contribution is 6.34. The highest BCUT2D eigenvalue weighted by atomic mass is 35.5. The van der Waals surface area contributed by atoms with Gasteiger partial charge in [-0.15, -0.1) is 0 Å². The summed E-state index contributed by atoms with van der Waals surface area (Å²) in [4.78, 5) is 11.4. The van der Waals surface area contributed by atoms with Crippen molar-refractivity contribution < 1.29 is 31.1 Å². The molecule has 1 nitrogen and oxygen atoms in total.